The number of carbonyl (C=O) groups is 1. The van der Waals surface area contributed by atoms with E-state index in [1.165, 1.54) is 25.7 Å². The van der Waals surface area contributed by atoms with Crippen molar-refractivity contribution < 1.29 is 18.0 Å². The summed E-state index contributed by atoms with van der Waals surface area (Å²) in [5, 5.41) is 1.89. The molecule has 1 N–H and O–H groups in total. The number of amides is 1. The van der Waals surface area contributed by atoms with Gasteiger partial charge < -0.3 is 10.2 Å². The first-order chi connectivity index (χ1) is 9.00. The van der Waals surface area contributed by atoms with Gasteiger partial charge in [-0.1, -0.05) is 19.3 Å². The van der Waals surface area contributed by atoms with Gasteiger partial charge in [0.05, 0.1) is 0 Å². The molecule has 0 bridgehead atoms. The van der Waals surface area contributed by atoms with Crippen molar-refractivity contribution in [3.05, 3.63) is 0 Å². The Morgan fingerprint density at radius 2 is 1.63 bits per heavy atom. The fourth-order valence-electron chi connectivity index (χ4n) is 2.30. The van der Waals surface area contributed by atoms with E-state index in [4.69, 9.17) is 0 Å². The predicted molar refractivity (Wildman–Crippen MR) is 67.8 cm³/mol. The van der Waals surface area contributed by atoms with Crippen LogP contribution in [-0.2, 0) is 4.79 Å². The first-order valence-corrected chi connectivity index (χ1v) is 7.07. The molecule has 19 heavy (non-hydrogen) atoms. The third kappa shape index (κ3) is 7.40. The molecule has 0 aromatic heterocycles. The Hall–Kier alpha value is -0.780. The number of likely N-dealkylation sites (tertiary alicyclic amines) is 1. The lowest BCUT2D eigenvalue weighted by molar-refractivity contribution is -0.173. The Morgan fingerprint density at radius 1 is 1.00 bits per heavy atom. The molecule has 1 heterocycles. The van der Waals surface area contributed by atoms with Crippen molar-refractivity contribution in [1.29, 1.82) is 0 Å². The Balaban J connectivity index is 1.97. The Bertz CT molecular complexity index is 261. The largest absolute Gasteiger partial charge is 0.471 e. The van der Waals surface area contributed by atoms with Crippen LogP contribution >= 0.6 is 0 Å². The molecule has 3 nitrogen and oxygen atoms in total. The van der Waals surface area contributed by atoms with Gasteiger partial charge in [-0.05, 0) is 45.3 Å². The summed E-state index contributed by atoms with van der Waals surface area (Å²) < 4.78 is 35.7. The van der Waals surface area contributed by atoms with Gasteiger partial charge in [-0.2, -0.15) is 13.2 Å². The summed E-state index contributed by atoms with van der Waals surface area (Å²) in [6.45, 7) is 3.42. The smallest absolute Gasteiger partial charge is 0.348 e. The molecule has 1 fully saturated rings. The van der Waals surface area contributed by atoms with Crippen LogP contribution in [0.25, 0.3) is 0 Å². The maximum Gasteiger partial charge on any atom is 0.471 e. The second-order valence-corrected chi connectivity index (χ2v) is 5.07. The van der Waals surface area contributed by atoms with Gasteiger partial charge in [0.15, 0.2) is 0 Å². The molecule has 0 aromatic carbocycles. The van der Waals surface area contributed by atoms with Crippen molar-refractivity contribution in [3.8, 4) is 0 Å². The number of nitrogens with one attached hydrogen (secondary N) is 1. The van der Waals surface area contributed by atoms with E-state index >= 15 is 0 Å². The van der Waals surface area contributed by atoms with Gasteiger partial charge in [-0.15, -0.1) is 0 Å². The zero-order valence-corrected chi connectivity index (χ0v) is 11.3. The van der Waals surface area contributed by atoms with Crippen LogP contribution in [0, 0.1) is 0 Å². The van der Waals surface area contributed by atoms with E-state index in [2.05, 4.69) is 4.90 Å². The molecule has 0 aromatic rings. The number of halogens is 3. The summed E-state index contributed by atoms with van der Waals surface area (Å²) in [5.74, 6) is -1.83. The van der Waals surface area contributed by atoms with Crippen LogP contribution in [0.4, 0.5) is 13.2 Å². The van der Waals surface area contributed by atoms with E-state index in [0.29, 0.717) is 6.42 Å². The summed E-state index contributed by atoms with van der Waals surface area (Å²) in [5.41, 5.74) is 0. The molecule has 0 unspecified atom stereocenters. The highest BCUT2D eigenvalue weighted by Gasteiger charge is 2.38. The topological polar surface area (TPSA) is 32.3 Å². The normalized spacial score (nSPS) is 18.1. The van der Waals surface area contributed by atoms with Crippen LogP contribution in [-0.4, -0.2) is 43.2 Å². The molecule has 0 aliphatic carbocycles. The average Bonchev–Trinajstić information content (AvgIpc) is 2.60. The minimum absolute atomic E-state index is 0.109. The summed E-state index contributed by atoms with van der Waals surface area (Å²) in [7, 11) is 0. The van der Waals surface area contributed by atoms with E-state index in [1.54, 1.807) is 0 Å². The summed E-state index contributed by atoms with van der Waals surface area (Å²) in [6.07, 6.45) is 2.81. The van der Waals surface area contributed by atoms with Crippen molar-refractivity contribution in [1.82, 2.24) is 10.2 Å². The molecule has 112 valence electrons. The first kappa shape index (κ1) is 16.3. The molecule has 1 amide bonds. The lowest BCUT2D eigenvalue weighted by atomic mass is 10.2. The van der Waals surface area contributed by atoms with Crippen molar-refractivity contribution in [2.75, 3.05) is 26.2 Å². The fraction of sp³-hybridized carbons (Fsp3) is 0.923. The highest BCUT2D eigenvalue weighted by molar-refractivity contribution is 5.81. The quantitative estimate of drug-likeness (QED) is 0.759. The van der Waals surface area contributed by atoms with Gasteiger partial charge in [-0.3, -0.25) is 4.79 Å². The van der Waals surface area contributed by atoms with Gasteiger partial charge >= 0.3 is 12.1 Å². The van der Waals surface area contributed by atoms with Gasteiger partial charge in [0, 0.05) is 6.54 Å². The SMILES string of the molecule is O=C(NCCCCCN1CCCCCC1)C(F)(F)F. The third-order valence-corrected chi connectivity index (χ3v) is 3.39. The molecular formula is C13H23F3N2O. The fourth-order valence-corrected chi connectivity index (χ4v) is 2.30. The van der Waals surface area contributed by atoms with Crippen LogP contribution in [0.2, 0.25) is 0 Å². The van der Waals surface area contributed by atoms with Crippen molar-refractivity contribution >= 4 is 5.91 Å². The molecule has 0 atom stereocenters. The number of nitrogens with zero attached hydrogens (tertiary/aromatic N) is 1. The standard InChI is InChI=1S/C13H23F3N2O/c14-13(15,16)12(19)17-8-4-3-7-11-18-9-5-1-2-6-10-18/h1-11H2,(H,17,19). The number of carbonyl (C=O) groups excluding carboxylic acids is 1. The predicted octanol–water partition coefficient (Wildman–Crippen LogP) is 2.71. The maximum atomic E-state index is 11.9. The molecule has 6 heteroatoms. The molecule has 0 saturated carbocycles. The number of unbranched alkanes of at least 4 members (excludes halogenated alkanes) is 2. The van der Waals surface area contributed by atoms with Crippen molar-refractivity contribution in [2.24, 2.45) is 0 Å². The summed E-state index contributed by atoms with van der Waals surface area (Å²) in [4.78, 5) is 13.0. The van der Waals surface area contributed by atoms with Crippen LogP contribution in [0.15, 0.2) is 0 Å². The number of alkyl halides is 3. The van der Waals surface area contributed by atoms with Crippen LogP contribution < -0.4 is 5.32 Å². The Labute approximate surface area is 112 Å². The lowest BCUT2D eigenvalue weighted by Gasteiger charge is -2.19. The monoisotopic (exact) mass is 280 g/mol. The van der Waals surface area contributed by atoms with Crippen LogP contribution in [0.1, 0.15) is 44.9 Å². The average molecular weight is 280 g/mol. The van der Waals surface area contributed by atoms with E-state index in [-0.39, 0.29) is 6.54 Å². The van der Waals surface area contributed by atoms with E-state index in [9.17, 15) is 18.0 Å². The van der Waals surface area contributed by atoms with Crippen molar-refractivity contribution in [2.45, 2.75) is 51.1 Å². The molecule has 0 spiro atoms. The second kappa shape index (κ2) is 8.40. The highest BCUT2D eigenvalue weighted by Crippen LogP contribution is 2.14. The molecule has 1 aliphatic rings. The molecule has 1 saturated heterocycles. The van der Waals surface area contributed by atoms with Crippen LogP contribution in [0.5, 0.6) is 0 Å². The molecular weight excluding hydrogens is 257 g/mol. The summed E-state index contributed by atoms with van der Waals surface area (Å²) >= 11 is 0. The van der Waals surface area contributed by atoms with Crippen molar-refractivity contribution in [3.63, 3.8) is 0 Å². The molecule has 1 aliphatic heterocycles. The number of rotatable bonds is 6. The van der Waals surface area contributed by atoms with Gasteiger partial charge in [0.25, 0.3) is 0 Å². The van der Waals surface area contributed by atoms with Crippen LogP contribution in [0.3, 0.4) is 0 Å². The van der Waals surface area contributed by atoms with E-state index < -0.39 is 12.1 Å². The third-order valence-electron chi connectivity index (χ3n) is 3.39. The van der Waals surface area contributed by atoms with Gasteiger partial charge in [0.1, 0.15) is 0 Å². The summed E-state index contributed by atoms with van der Waals surface area (Å²) in [6, 6.07) is 0. The van der Waals surface area contributed by atoms with E-state index in [0.717, 1.165) is 32.5 Å². The number of hydrogen-bond acceptors (Lipinski definition) is 2. The molecule has 1 rings (SSSR count). The second-order valence-electron chi connectivity index (χ2n) is 5.07. The van der Waals surface area contributed by atoms with Gasteiger partial charge in [-0.25, -0.2) is 0 Å². The minimum atomic E-state index is -4.76. The van der Waals surface area contributed by atoms with Gasteiger partial charge in [0.2, 0.25) is 0 Å². The highest BCUT2D eigenvalue weighted by atomic mass is 19.4. The Kier molecular flexibility index (Phi) is 7.20. The maximum absolute atomic E-state index is 11.9. The lowest BCUT2D eigenvalue weighted by Crippen LogP contribution is -2.37. The minimum Gasteiger partial charge on any atom is -0.348 e. The first-order valence-electron chi connectivity index (χ1n) is 7.07. The van der Waals surface area contributed by atoms with E-state index in [1.807, 2.05) is 5.32 Å². The Morgan fingerprint density at radius 3 is 2.21 bits per heavy atom. The number of hydrogen-bond donors (Lipinski definition) is 1. The zero-order valence-electron chi connectivity index (χ0n) is 11.3. The zero-order chi connectivity index (χ0) is 14.1. The molecule has 0 radical (unpaired) electrons.